The van der Waals surface area contributed by atoms with Gasteiger partial charge in [0.1, 0.15) is 5.75 Å². The van der Waals surface area contributed by atoms with E-state index in [0.29, 0.717) is 17.7 Å². The van der Waals surface area contributed by atoms with Gasteiger partial charge in [0.25, 0.3) is 0 Å². The fourth-order valence-corrected chi connectivity index (χ4v) is 4.71. The topological polar surface area (TPSA) is 58.6 Å². The highest BCUT2D eigenvalue weighted by Gasteiger charge is 2.35. The summed E-state index contributed by atoms with van der Waals surface area (Å²) < 4.78 is 5.36. The number of amides is 2. The van der Waals surface area contributed by atoms with Crippen molar-refractivity contribution < 1.29 is 14.3 Å². The first-order chi connectivity index (χ1) is 13.5. The van der Waals surface area contributed by atoms with E-state index in [9.17, 15) is 9.59 Å². The number of hydrogen-bond acceptors (Lipinski definition) is 3. The van der Waals surface area contributed by atoms with Crippen LogP contribution in [0.4, 0.5) is 5.69 Å². The Hall–Kier alpha value is -2.04. The highest BCUT2D eigenvalue weighted by Crippen LogP contribution is 2.34. The number of carbonyl (C=O) groups is 2. The van der Waals surface area contributed by atoms with Crippen molar-refractivity contribution in [1.29, 1.82) is 0 Å². The number of methoxy groups -OCH3 is 1. The normalized spacial score (nSPS) is 25.2. The Morgan fingerprint density at radius 3 is 2.50 bits per heavy atom. The summed E-state index contributed by atoms with van der Waals surface area (Å²) in [5, 5.41) is 3.04. The van der Waals surface area contributed by atoms with Crippen molar-refractivity contribution >= 4 is 17.5 Å². The number of likely N-dealkylation sites (tertiary alicyclic amines) is 1. The molecule has 1 saturated heterocycles. The fraction of sp³-hybridized carbons (Fsp3) is 0.652. The van der Waals surface area contributed by atoms with Gasteiger partial charge in [0.2, 0.25) is 11.8 Å². The first-order valence-electron chi connectivity index (χ1n) is 10.8. The molecule has 1 aliphatic carbocycles. The van der Waals surface area contributed by atoms with Crippen molar-refractivity contribution in [3.8, 4) is 5.75 Å². The van der Waals surface area contributed by atoms with Crippen LogP contribution in [-0.2, 0) is 9.59 Å². The Labute approximate surface area is 168 Å². The lowest BCUT2D eigenvalue weighted by Crippen LogP contribution is -2.47. The summed E-state index contributed by atoms with van der Waals surface area (Å²) in [6, 6.07) is 6.20. The summed E-state index contributed by atoms with van der Waals surface area (Å²) in [7, 11) is 1.61. The van der Waals surface area contributed by atoms with E-state index in [-0.39, 0.29) is 17.7 Å². The molecule has 1 heterocycles. The molecule has 0 spiro atoms. The van der Waals surface area contributed by atoms with Gasteiger partial charge in [0.15, 0.2) is 0 Å². The van der Waals surface area contributed by atoms with Crippen molar-refractivity contribution in [3.05, 3.63) is 23.8 Å². The third-order valence-electron chi connectivity index (χ3n) is 6.44. The van der Waals surface area contributed by atoms with E-state index in [4.69, 9.17) is 4.74 Å². The van der Waals surface area contributed by atoms with Gasteiger partial charge >= 0.3 is 0 Å². The van der Waals surface area contributed by atoms with Crippen LogP contribution in [0.2, 0.25) is 0 Å². The van der Waals surface area contributed by atoms with Gasteiger partial charge in [-0.2, -0.15) is 0 Å². The van der Waals surface area contributed by atoms with Gasteiger partial charge in [-0.15, -0.1) is 0 Å². The standard InChI is InChI=1S/C23H34N2O3/c1-4-19-7-5-6-14-25(19)23(27)18-11-9-17(10-12-18)22(26)24-20-15-16(2)8-13-21(20)28-3/h8,13,15,17-19H,4-7,9-12,14H2,1-3H3,(H,24,26). The van der Waals surface area contributed by atoms with E-state index in [1.54, 1.807) is 7.11 Å². The molecule has 154 valence electrons. The van der Waals surface area contributed by atoms with E-state index in [0.717, 1.165) is 62.7 Å². The number of nitrogens with one attached hydrogen (secondary N) is 1. The number of aryl methyl sites for hydroxylation is 1. The Morgan fingerprint density at radius 2 is 1.82 bits per heavy atom. The number of anilines is 1. The summed E-state index contributed by atoms with van der Waals surface area (Å²) in [6.45, 7) is 5.08. The van der Waals surface area contributed by atoms with Crippen LogP contribution in [0.5, 0.6) is 5.75 Å². The smallest absolute Gasteiger partial charge is 0.227 e. The molecule has 1 aliphatic heterocycles. The van der Waals surface area contributed by atoms with Crippen LogP contribution in [0.15, 0.2) is 18.2 Å². The minimum atomic E-state index is -0.0300. The molecule has 1 saturated carbocycles. The van der Waals surface area contributed by atoms with Crippen LogP contribution in [0.3, 0.4) is 0 Å². The van der Waals surface area contributed by atoms with Crippen molar-refractivity contribution in [2.24, 2.45) is 11.8 Å². The first kappa shape index (κ1) is 20.7. The van der Waals surface area contributed by atoms with Crippen LogP contribution >= 0.6 is 0 Å². The van der Waals surface area contributed by atoms with E-state index < -0.39 is 0 Å². The number of piperidine rings is 1. The maximum atomic E-state index is 13.0. The number of nitrogens with zero attached hydrogens (tertiary/aromatic N) is 1. The Kier molecular flexibility index (Phi) is 6.97. The van der Waals surface area contributed by atoms with Crippen molar-refractivity contribution in [2.45, 2.75) is 71.3 Å². The van der Waals surface area contributed by atoms with Gasteiger partial charge in [-0.05, 0) is 76.0 Å². The molecule has 0 bridgehead atoms. The van der Waals surface area contributed by atoms with Crippen molar-refractivity contribution in [2.75, 3.05) is 19.0 Å². The Morgan fingerprint density at radius 1 is 1.11 bits per heavy atom. The summed E-state index contributed by atoms with van der Waals surface area (Å²) in [4.78, 5) is 27.9. The highest BCUT2D eigenvalue weighted by atomic mass is 16.5. The molecule has 3 rings (SSSR count). The SMILES string of the molecule is CCC1CCCCN1C(=O)C1CCC(C(=O)Nc2cc(C)ccc2OC)CC1. The average molecular weight is 387 g/mol. The summed E-state index contributed by atoms with van der Waals surface area (Å²) in [5.41, 5.74) is 1.81. The number of carbonyl (C=O) groups excluding carboxylic acids is 2. The molecule has 2 aliphatic rings. The first-order valence-corrected chi connectivity index (χ1v) is 10.8. The third-order valence-corrected chi connectivity index (χ3v) is 6.44. The second-order valence-corrected chi connectivity index (χ2v) is 8.33. The van der Waals surface area contributed by atoms with Crippen LogP contribution in [0.25, 0.3) is 0 Å². The molecule has 0 aromatic heterocycles. The lowest BCUT2D eigenvalue weighted by molar-refractivity contribution is -0.141. The predicted molar refractivity (Wildman–Crippen MR) is 111 cm³/mol. The van der Waals surface area contributed by atoms with Crippen molar-refractivity contribution in [3.63, 3.8) is 0 Å². The molecule has 1 atom stereocenters. The summed E-state index contributed by atoms with van der Waals surface area (Å²) in [5.74, 6) is 1.10. The van der Waals surface area contributed by atoms with Gasteiger partial charge < -0.3 is 15.0 Å². The molecule has 1 aromatic rings. The average Bonchev–Trinajstić information content (AvgIpc) is 2.73. The van der Waals surface area contributed by atoms with E-state index in [1.165, 1.54) is 6.42 Å². The minimum absolute atomic E-state index is 0.0300. The molecule has 2 fully saturated rings. The van der Waals surface area contributed by atoms with Gasteiger partial charge in [0, 0.05) is 24.4 Å². The number of rotatable bonds is 5. The zero-order valence-corrected chi connectivity index (χ0v) is 17.5. The summed E-state index contributed by atoms with van der Waals surface area (Å²) >= 11 is 0. The second kappa shape index (κ2) is 9.44. The molecule has 5 nitrogen and oxygen atoms in total. The molecule has 2 amide bonds. The van der Waals surface area contributed by atoms with Crippen LogP contribution in [0, 0.1) is 18.8 Å². The van der Waals surface area contributed by atoms with Crippen molar-refractivity contribution in [1.82, 2.24) is 4.90 Å². The van der Waals surface area contributed by atoms with Gasteiger partial charge in [-0.25, -0.2) is 0 Å². The third kappa shape index (κ3) is 4.68. The lowest BCUT2D eigenvalue weighted by Gasteiger charge is -2.39. The van der Waals surface area contributed by atoms with Gasteiger partial charge in [-0.3, -0.25) is 9.59 Å². The maximum absolute atomic E-state index is 13.0. The van der Waals surface area contributed by atoms with Gasteiger partial charge in [-0.1, -0.05) is 13.0 Å². The molecule has 0 radical (unpaired) electrons. The quantitative estimate of drug-likeness (QED) is 0.808. The molecular formula is C23H34N2O3. The Bertz CT molecular complexity index is 695. The van der Waals surface area contributed by atoms with E-state index in [2.05, 4.69) is 17.1 Å². The zero-order chi connectivity index (χ0) is 20.1. The number of ether oxygens (including phenoxy) is 1. The molecule has 1 aromatic carbocycles. The number of benzene rings is 1. The zero-order valence-electron chi connectivity index (χ0n) is 17.5. The van der Waals surface area contributed by atoms with E-state index >= 15 is 0 Å². The van der Waals surface area contributed by atoms with E-state index in [1.807, 2.05) is 25.1 Å². The Balaban J connectivity index is 1.55. The second-order valence-electron chi connectivity index (χ2n) is 8.33. The molecule has 28 heavy (non-hydrogen) atoms. The largest absolute Gasteiger partial charge is 0.495 e. The highest BCUT2D eigenvalue weighted by molar-refractivity contribution is 5.94. The predicted octanol–water partition coefficient (Wildman–Crippen LogP) is 4.54. The monoisotopic (exact) mass is 386 g/mol. The molecule has 1 unspecified atom stereocenters. The van der Waals surface area contributed by atoms with Crippen LogP contribution in [0.1, 0.15) is 63.9 Å². The molecular weight excluding hydrogens is 352 g/mol. The molecule has 1 N–H and O–H groups in total. The van der Waals surface area contributed by atoms with Crippen LogP contribution < -0.4 is 10.1 Å². The number of hydrogen-bond donors (Lipinski definition) is 1. The van der Waals surface area contributed by atoms with Crippen LogP contribution in [-0.4, -0.2) is 36.4 Å². The van der Waals surface area contributed by atoms with Gasteiger partial charge in [0.05, 0.1) is 12.8 Å². The summed E-state index contributed by atoms with van der Waals surface area (Å²) in [6.07, 6.45) is 7.72. The maximum Gasteiger partial charge on any atom is 0.227 e. The fourth-order valence-electron chi connectivity index (χ4n) is 4.71. The molecule has 5 heteroatoms. The lowest BCUT2D eigenvalue weighted by atomic mass is 9.80. The minimum Gasteiger partial charge on any atom is -0.495 e.